The average molecular weight is 389 g/mol. The van der Waals surface area contributed by atoms with Crippen LogP contribution < -0.4 is 10.1 Å². The Morgan fingerprint density at radius 1 is 1.24 bits per heavy atom. The van der Waals surface area contributed by atoms with Gasteiger partial charge in [-0.05, 0) is 62.6 Å². The fraction of sp³-hybridized carbons (Fsp3) is 0.417. The van der Waals surface area contributed by atoms with Crippen molar-refractivity contribution in [1.29, 1.82) is 0 Å². The van der Waals surface area contributed by atoms with Gasteiger partial charge in [-0.2, -0.15) is 0 Å². The van der Waals surface area contributed by atoms with E-state index in [0.717, 1.165) is 53.1 Å². The lowest BCUT2D eigenvalue weighted by atomic mass is 9.91. The van der Waals surface area contributed by atoms with Crippen LogP contribution in [0.4, 0.5) is 0 Å². The summed E-state index contributed by atoms with van der Waals surface area (Å²) in [5.41, 5.74) is 5.98. The largest absolute Gasteiger partial charge is 0.483 e. The molecule has 2 aliphatic rings. The Balaban J connectivity index is 1.59. The molecule has 2 aromatic carbocycles. The Morgan fingerprint density at radius 3 is 2.79 bits per heavy atom. The maximum absolute atomic E-state index is 13.0. The molecule has 0 bridgehead atoms. The van der Waals surface area contributed by atoms with E-state index in [1.165, 1.54) is 24.0 Å². The van der Waals surface area contributed by atoms with Crippen LogP contribution in [0.25, 0.3) is 11.0 Å². The van der Waals surface area contributed by atoms with Crippen LogP contribution >= 0.6 is 0 Å². The van der Waals surface area contributed by atoms with Gasteiger partial charge in [-0.15, -0.1) is 0 Å². The number of carbonyl (C=O) groups is 1. The van der Waals surface area contributed by atoms with Gasteiger partial charge in [0.1, 0.15) is 17.4 Å². The second-order valence-corrected chi connectivity index (χ2v) is 8.47. The van der Waals surface area contributed by atoms with Crippen LogP contribution in [0, 0.1) is 19.8 Å². The molecule has 5 heteroatoms. The number of hydrogen-bond acceptors (Lipinski definition) is 3. The first-order valence-corrected chi connectivity index (χ1v) is 10.5. The number of rotatable bonds is 4. The number of hydrogen-bond donors (Lipinski definition) is 1. The summed E-state index contributed by atoms with van der Waals surface area (Å²) in [7, 11) is 1.99. The molecule has 1 atom stereocenters. The average Bonchev–Trinajstić information content (AvgIpc) is 3.51. The zero-order chi connectivity index (χ0) is 20.1. The molecule has 1 saturated carbocycles. The molecular weight excluding hydrogens is 362 g/mol. The first-order chi connectivity index (χ1) is 14.0. The molecule has 0 spiro atoms. The Labute approximate surface area is 171 Å². The highest BCUT2D eigenvalue weighted by Crippen LogP contribution is 2.42. The lowest BCUT2D eigenvalue weighted by molar-refractivity contribution is 0.0948. The quantitative estimate of drug-likeness (QED) is 0.720. The molecule has 2 heterocycles. The molecule has 0 unspecified atom stereocenters. The lowest BCUT2D eigenvalue weighted by Crippen LogP contribution is -2.28. The smallest absolute Gasteiger partial charge is 0.251 e. The molecule has 1 fully saturated rings. The second-order valence-electron chi connectivity index (χ2n) is 8.47. The normalized spacial score (nSPS) is 18.4. The van der Waals surface area contributed by atoms with Gasteiger partial charge in [-0.25, -0.2) is 4.98 Å². The summed E-state index contributed by atoms with van der Waals surface area (Å²) in [4.78, 5) is 17.8. The van der Waals surface area contributed by atoms with E-state index in [1.807, 2.05) is 24.6 Å². The fourth-order valence-corrected chi connectivity index (χ4v) is 4.32. The van der Waals surface area contributed by atoms with Crippen LogP contribution in [0.2, 0.25) is 0 Å². The maximum Gasteiger partial charge on any atom is 0.251 e. The van der Waals surface area contributed by atoms with Crippen LogP contribution in [0.5, 0.6) is 5.75 Å². The van der Waals surface area contributed by atoms with Crippen LogP contribution in [0.1, 0.15) is 58.2 Å². The van der Waals surface area contributed by atoms with Crippen molar-refractivity contribution in [2.45, 2.75) is 45.6 Å². The number of aryl methyl sites for hydroxylation is 3. The number of nitrogens with one attached hydrogen (secondary N) is 1. The molecule has 3 aromatic rings. The number of aromatic nitrogens is 2. The number of fused-ring (bicyclic) bond motifs is 3. The van der Waals surface area contributed by atoms with E-state index in [1.54, 1.807) is 0 Å². The van der Waals surface area contributed by atoms with Crippen LogP contribution in [-0.4, -0.2) is 22.0 Å². The number of nitrogens with zero attached hydrogens (tertiary/aromatic N) is 2. The summed E-state index contributed by atoms with van der Waals surface area (Å²) in [5, 5.41) is 3.13. The predicted octanol–water partition coefficient (Wildman–Crippen LogP) is 4.40. The van der Waals surface area contributed by atoms with Gasteiger partial charge < -0.3 is 14.6 Å². The maximum atomic E-state index is 13.0. The first kappa shape index (κ1) is 18.2. The van der Waals surface area contributed by atoms with Gasteiger partial charge in [0.05, 0.1) is 5.52 Å². The van der Waals surface area contributed by atoms with E-state index < -0.39 is 0 Å². The van der Waals surface area contributed by atoms with Crippen molar-refractivity contribution in [2.75, 3.05) is 6.54 Å². The molecule has 29 heavy (non-hydrogen) atoms. The van der Waals surface area contributed by atoms with E-state index >= 15 is 0 Å². The van der Waals surface area contributed by atoms with Crippen molar-refractivity contribution in [3.8, 4) is 5.75 Å². The van der Waals surface area contributed by atoms with Gasteiger partial charge in [0.2, 0.25) is 0 Å². The predicted molar refractivity (Wildman–Crippen MR) is 113 cm³/mol. The van der Waals surface area contributed by atoms with Crippen molar-refractivity contribution >= 4 is 16.9 Å². The lowest BCUT2D eigenvalue weighted by Gasteiger charge is -2.29. The molecule has 150 valence electrons. The fourth-order valence-electron chi connectivity index (χ4n) is 4.32. The van der Waals surface area contributed by atoms with E-state index in [2.05, 4.69) is 36.5 Å². The highest BCUT2D eigenvalue weighted by Gasteiger charge is 2.30. The molecule has 5 rings (SSSR count). The topological polar surface area (TPSA) is 56.2 Å². The molecule has 0 saturated heterocycles. The molecule has 1 aromatic heterocycles. The first-order valence-electron chi connectivity index (χ1n) is 10.5. The van der Waals surface area contributed by atoms with Gasteiger partial charge in [0.25, 0.3) is 5.91 Å². The van der Waals surface area contributed by atoms with Gasteiger partial charge in [-0.1, -0.05) is 24.3 Å². The number of imidazole rings is 1. The number of ether oxygens (including phenoxy) is 1. The highest BCUT2D eigenvalue weighted by molar-refractivity contribution is 6.01. The number of carbonyl (C=O) groups excluding carboxylic acids is 1. The third-order valence-corrected chi connectivity index (χ3v) is 6.40. The second kappa shape index (κ2) is 6.90. The van der Waals surface area contributed by atoms with Crippen molar-refractivity contribution in [2.24, 2.45) is 13.0 Å². The Bertz CT molecular complexity index is 1110. The molecule has 5 nitrogen and oxygen atoms in total. The van der Waals surface area contributed by atoms with Crippen LogP contribution in [0.3, 0.4) is 0 Å². The van der Waals surface area contributed by atoms with Gasteiger partial charge in [0.15, 0.2) is 5.75 Å². The Kier molecular flexibility index (Phi) is 4.34. The van der Waals surface area contributed by atoms with Gasteiger partial charge in [0, 0.05) is 24.7 Å². The van der Waals surface area contributed by atoms with Crippen LogP contribution in [0.15, 0.2) is 30.3 Å². The Morgan fingerprint density at radius 2 is 2.03 bits per heavy atom. The molecule has 1 N–H and O–H groups in total. The highest BCUT2D eigenvalue weighted by atomic mass is 16.5. The molecule has 1 aliphatic carbocycles. The number of benzene rings is 2. The molecule has 0 radical (unpaired) electrons. The van der Waals surface area contributed by atoms with E-state index in [-0.39, 0.29) is 12.0 Å². The Hall–Kier alpha value is -2.82. The van der Waals surface area contributed by atoms with Gasteiger partial charge in [-0.3, -0.25) is 4.79 Å². The van der Waals surface area contributed by atoms with Crippen molar-refractivity contribution in [1.82, 2.24) is 14.9 Å². The molecular formula is C24H27N3O2. The van der Waals surface area contributed by atoms with Crippen molar-refractivity contribution in [3.63, 3.8) is 0 Å². The summed E-state index contributed by atoms with van der Waals surface area (Å²) in [6, 6.07) is 10.4. The van der Waals surface area contributed by atoms with Crippen molar-refractivity contribution in [3.05, 3.63) is 58.4 Å². The third kappa shape index (κ3) is 3.18. The molecule has 1 aliphatic heterocycles. The third-order valence-electron chi connectivity index (χ3n) is 6.40. The van der Waals surface area contributed by atoms with Gasteiger partial charge >= 0.3 is 0 Å². The van der Waals surface area contributed by atoms with Crippen molar-refractivity contribution < 1.29 is 9.53 Å². The van der Waals surface area contributed by atoms with Crippen LogP contribution in [-0.2, 0) is 13.5 Å². The van der Waals surface area contributed by atoms with E-state index in [9.17, 15) is 4.79 Å². The minimum atomic E-state index is -0.0148. The van der Waals surface area contributed by atoms with E-state index in [4.69, 9.17) is 9.72 Å². The molecule has 1 amide bonds. The minimum absolute atomic E-state index is 0.00634. The van der Waals surface area contributed by atoms with E-state index in [0.29, 0.717) is 5.92 Å². The summed E-state index contributed by atoms with van der Waals surface area (Å²) >= 11 is 0. The number of amides is 1. The zero-order valence-electron chi connectivity index (χ0n) is 17.3. The summed E-state index contributed by atoms with van der Waals surface area (Å²) in [6.07, 6.45) is 4.10. The monoisotopic (exact) mass is 389 g/mol. The minimum Gasteiger partial charge on any atom is -0.483 e. The summed E-state index contributed by atoms with van der Waals surface area (Å²) in [5.74, 6) is 2.35. The summed E-state index contributed by atoms with van der Waals surface area (Å²) in [6.45, 7) is 4.88. The standard InChI is InChI=1S/C24H27N3O2/c1-14-6-4-5-7-17(14)21-11-10-18-19(24(28)25-13-16-8-9-16)12-20-22(23(18)29-21)26-15(2)27(20)3/h4-7,12,16,21H,8-11,13H2,1-3H3,(H,25,28)/t21-/m0/s1. The zero-order valence-corrected chi connectivity index (χ0v) is 17.3. The SMILES string of the molecule is Cc1ccccc1[C@@H]1CCc2c(C(=O)NCC3CC3)cc3c(nc(C)n3C)c2O1. The summed E-state index contributed by atoms with van der Waals surface area (Å²) < 4.78 is 8.59.